The Labute approximate surface area is 216 Å². The molecule has 1 aromatic rings. The molecule has 1 saturated heterocycles. The van der Waals surface area contributed by atoms with E-state index in [0.717, 1.165) is 29.2 Å². The van der Waals surface area contributed by atoms with Gasteiger partial charge in [-0.15, -0.1) is 0 Å². The van der Waals surface area contributed by atoms with Crippen molar-refractivity contribution in [1.29, 1.82) is 0 Å². The van der Waals surface area contributed by atoms with E-state index in [-0.39, 0.29) is 47.2 Å². The van der Waals surface area contributed by atoms with Crippen molar-refractivity contribution in [3.63, 3.8) is 0 Å². The smallest absolute Gasteiger partial charge is 0.416 e. The highest BCUT2D eigenvalue weighted by atomic mass is 32.2. The summed E-state index contributed by atoms with van der Waals surface area (Å²) in [6, 6.07) is 2.36. The zero-order chi connectivity index (χ0) is 27.9. The van der Waals surface area contributed by atoms with E-state index in [4.69, 9.17) is 0 Å². The largest absolute Gasteiger partial charge is 0.465 e. The highest BCUT2D eigenvalue weighted by Crippen LogP contribution is 2.43. The SMILES string of the molecule is CCN(C(=O)[C@H](CC(C)(C)C)N(C)C(=O)O)C1CC[C@@H]2CN(S(=O)(=O)c3ccc(C(F)(F)F)cc3)CC12. The van der Waals surface area contributed by atoms with E-state index in [2.05, 4.69) is 0 Å². The molecule has 0 spiro atoms. The Hall–Kier alpha value is -2.34. The molecule has 37 heavy (non-hydrogen) atoms. The van der Waals surface area contributed by atoms with Gasteiger partial charge < -0.3 is 10.0 Å². The Balaban J connectivity index is 1.81. The number of alkyl halides is 3. The fourth-order valence-corrected chi connectivity index (χ4v) is 7.13. The van der Waals surface area contributed by atoms with Crippen LogP contribution in [-0.2, 0) is 21.0 Å². The maximum atomic E-state index is 13.7. The average Bonchev–Trinajstić information content (AvgIpc) is 3.38. The maximum Gasteiger partial charge on any atom is 0.416 e. The standard InChI is InChI=1S/C25H36F3N3O5S/c1-6-31(22(32)21(13-24(2,3)4)29(5)23(33)34)20-12-7-16-14-30(15-19(16)20)37(35,36)18-10-8-17(9-11-18)25(26,27)28/h8-11,16,19-21H,6-7,12-15H2,1-5H3,(H,33,34)/t16-,19?,20?,21+/m1/s1. The van der Waals surface area contributed by atoms with Gasteiger partial charge in [0.05, 0.1) is 10.5 Å². The fourth-order valence-electron chi connectivity index (χ4n) is 5.59. The lowest BCUT2D eigenvalue weighted by atomic mass is 9.86. The molecule has 0 aromatic heterocycles. The molecule has 0 bridgehead atoms. The number of carboxylic acid groups (broad SMARTS) is 1. The monoisotopic (exact) mass is 547 g/mol. The third-order valence-corrected chi connectivity index (χ3v) is 9.33. The molecular weight excluding hydrogens is 511 g/mol. The number of nitrogens with zero attached hydrogens (tertiary/aromatic N) is 3. The summed E-state index contributed by atoms with van der Waals surface area (Å²) < 4.78 is 66.5. The van der Waals surface area contributed by atoms with Gasteiger partial charge in [-0.3, -0.25) is 9.69 Å². The number of halogens is 3. The molecule has 2 fully saturated rings. The van der Waals surface area contributed by atoms with Crippen LogP contribution in [0.15, 0.2) is 29.2 Å². The molecular formula is C25H36F3N3O5S. The van der Waals surface area contributed by atoms with Gasteiger partial charge in [0.15, 0.2) is 0 Å². The Morgan fingerprint density at radius 2 is 1.70 bits per heavy atom. The normalized spacial score (nSPS) is 23.5. The van der Waals surface area contributed by atoms with Gasteiger partial charge in [-0.25, -0.2) is 13.2 Å². The minimum absolute atomic E-state index is 0.00865. The van der Waals surface area contributed by atoms with Crippen molar-refractivity contribution in [2.75, 3.05) is 26.7 Å². The van der Waals surface area contributed by atoms with E-state index < -0.39 is 33.9 Å². The molecule has 2 amide bonds. The number of carbonyl (C=O) groups excluding carboxylic acids is 1. The molecule has 3 rings (SSSR count). The van der Waals surface area contributed by atoms with Crippen LogP contribution in [0, 0.1) is 17.3 Å². The first-order chi connectivity index (χ1) is 17.0. The van der Waals surface area contributed by atoms with Crippen LogP contribution in [0.4, 0.5) is 18.0 Å². The van der Waals surface area contributed by atoms with Gasteiger partial charge in [0.1, 0.15) is 6.04 Å². The first-order valence-corrected chi connectivity index (χ1v) is 13.8. The van der Waals surface area contributed by atoms with Gasteiger partial charge in [0.2, 0.25) is 15.9 Å². The van der Waals surface area contributed by atoms with E-state index in [0.29, 0.717) is 25.8 Å². The van der Waals surface area contributed by atoms with Crippen molar-refractivity contribution < 1.29 is 36.3 Å². The fraction of sp³-hybridized carbons (Fsp3) is 0.680. The van der Waals surface area contributed by atoms with Crippen molar-refractivity contribution in [2.45, 2.75) is 70.1 Å². The zero-order valence-electron chi connectivity index (χ0n) is 21.8. The molecule has 1 N–H and O–H groups in total. The molecule has 2 aliphatic rings. The number of benzene rings is 1. The molecule has 1 aromatic carbocycles. The van der Waals surface area contributed by atoms with Crippen molar-refractivity contribution >= 4 is 22.0 Å². The first kappa shape index (κ1) is 29.2. The molecule has 1 aliphatic heterocycles. The van der Waals surface area contributed by atoms with E-state index >= 15 is 0 Å². The number of likely N-dealkylation sites (N-methyl/N-ethyl adjacent to an activating group) is 2. The third-order valence-electron chi connectivity index (χ3n) is 7.49. The Bertz CT molecular complexity index is 1100. The second-order valence-corrected chi connectivity index (χ2v) is 13.1. The number of amides is 2. The summed E-state index contributed by atoms with van der Waals surface area (Å²) in [6.45, 7) is 8.37. The van der Waals surface area contributed by atoms with Gasteiger partial charge in [-0.2, -0.15) is 17.5 Å². The van der Waals surface area contributed by atoms with Crippen LogP contribution in [0.25, 0.3) is 0 Å². The Morgan fingerprint density at radius 3 is 2.19 bits per heavy atom. The highest BCUT2D eigenvalue weighted by molar-refractivity contribution is 7.89. The minimum Gasteiger partial charge on any atom is -0.465 e. The van der Waals surface area contributed by atoms with Crippen molar-refractivity contribution in [2.24, 2.45) is 17.3 Å². The molecule has 1 saturated carbocycles. The Kier molecular flexibility index (Phi) is 8.24. The summed E-state index contributed by atoms with van der Waals surface area (Å²) in [5.41, 5.74) is -1.22. The topological polar surface area (TPSA) is 98.2 Å². The molecule has 1 aliphatic carbocycles. The molecule has 0 radical (unpaired) electrons. The van der Waals surface area contributed by atoms with Crippen LogP contribution in [0.3, 0.4) is 0 Å². The number of fused-ring (bicyclic) bond motifs is 1. The van der Waals surface area contributed by atoms with Crippen LogP contribution >= 0.6 is 0 Å². The van der Waals surface area contributed by atoms with Gasteiger partial charge in [0, 0.05) is 32.7 Å². The average molecular weight is 548 g/mol. The van der Waals surface area contributed by atoms with Crippen molar-refractivity contribution in [1.82, 2.24) is 14.1 Å². The number of rotatable bonds is 7. The van der Waals surface area contributed by atoms with Crippen molar-refractivity contribution in [3.8, 4) is 0 Å². The predicted octanol–water partition coefficient (Wildman–Crippen LogP) is 4.37. The maximum absolute atomic E-state index is 13.7. The second-order valence-electron chi connectivity index (χ2n) is 11.2. The van der Waals surface area contributed by atoms with Crippen LogP contribution in [-0.4, -0.2) is 78.4 Å². The third kappa shape index (κ3) is 6.22. The molecule has 12 heteroatoms. The second kappa shape index (κ2) is 10.4. The van der Waals surface area contributed by atoms with Crippen LogP contribution in [0.1, 0.15) is 52.5 Å². The Morgan fingerprint density at radius 1 is 1.11 bits per heavy atom. The number of hydrogen-bond donors (Lipinski definition) is 1. The van der Waals surface area contributed by atoms with Crippen molar-refractivity contribution in [3.05, 3.63) is 29.8 Å². The quantitative estimate of drug-likeness (QED) is 0.547. The van der Waals surface area contributed by atoms with Gasteiger partial charge in [0.25, 0.3) is 0 Å². The first-order valence-electron chi connectivity index (χ1n) is 12.4. The predicted molar refractivity (Wildman–Crippen MR) is 131 cm³/mol. The number of sulfonamides is 1. The summed E-state index contributed by atoms with van der Waals surface area (Å²) >= 11 is 0. The van der Waals surface area contributed by atoms with E-state index in [9.17, 15) is 36.3 Å². The molecule has 1 heterocycles. The summed E-state index contributed by atoms with van der Waals surface area (Å²) in [7, 11) is -2.62. The zero-order valence-corrected chi connectivity index (χ0v) is 22.6. The number of hydrogen-bond acceptors (Lipinski definition) is 4. The minimum atomic E-state index is -4.56. The molecule has 4 atom stereocenters. The van der Waals surface area contributed by atoms with Crippen LogP contribution < -0.4 is 0 Å². The van der Waals surface area contributed by atoms with Gasteiger partial charge in [-0.05, 0) is 67.7 Å². The lowest BCUT2D eigenvalue weighted by molar-refractivity contribution is -0.140. The van der Waals surface area contributed by atoms with E-state index in [1.807, 2.05) is 27.7 Å². The summed E-state index contributed by atoms with van der Waals surface area (Å²) in [4.78, 5) is 27.9. The van der Waals surface area contributed by atoms with Gasteiger partial charge >= 0.3 is 12.3 Å². The van der Waals surface area contributed by atoms with E-state index in [1.165, 1.54) is 11.4 Å². The molecule has 8 nitrogen and oxygen atoms in total. The highest BCUT2D eigenvalue weighted by Gasteiger charge is 2.50. The lowest BCUT2D eigenvalue weighted by Gasteiger charge is -2.38. The number of carbonyl (C=O) groups is 2. The van der Waals surface area contributed by atoms with E-state index in [1.54, 1.807) is 4.90 Å². The molecule has 2 unspecified atom stereocenters. The summed E-state index contributed by atoms with van der Waals surface area (Å²) in [6.07, 6.45) is -4.03. The van der Waals surface area contributed by atoms with Crippen LogP contribution in [0.5, 0.6) is 0 Å². The lowest BCUT2D eigenvalue weighted by Crippen LogP contribution is -2.54. The molecule has 208 valence electrons. The van der Waals surface area contributed by atoms with Gasteiger partial charge in [-0.1, -0.05) is 20.8 Å². The summed E-state index contributed by atoms with van der Waals surface area (Å²) in [5.74, 6) is -0.426. The van der Waals surface area contributed by atoms with Crippen LogP contribution in [0.2, 0.25) is 0 Å². The summed E-state index contributed by atoms with van der Waals surface area (Å²) in [5, 5.41) is 9.58.